The monoisotopic (exact) mass is 190 g/mol. The third-order valence-corrected chi connectivity index (χ3v) is 0.800. The molecule has 0 unspecified atom stereocenters. The minimum atomic E-state index is -1.18. The molecular weight excluding hydrogens is 168 g/mol. The number of carbonyl (C=O) groups excluding carboxylic acids is 1. The van der Waals surface area contributed by atoms with Crippen LogP contribution in [0, 0.1) is 0 Å². The van der Waals surface area contributed by atoms with Crippen molar-refractivity contribution in [2.24, 2.45) is 0 Å². The normalized spacial score (nSPS) is 9.92. The Bertz CT molecular complexity index is 124. The minimum Gasteiger partial charge on any atom is -0.530 e. The first-order chi connectivity index (χ1) is 5.77. The Labute approximate surface area is 80.5 Å². The number of carbonyl (C=O) groups is 1. The highest BCUT2D eigenvalue weighted by Gasteiger charge is 2.00. The van der Waals surface area contributed by atoms with Crippen molar-refractivity contribution in [3.8, 4) is 0 Å². The van der Waals surface area contributed by atoms with Crippen LogP contribution in [0.1, 0.15) is 40.5 Å². The molecule has 0 saturated heterocycles. The maximum absolute atomic E-state index is 9.65. The summed E-state index contributed by atoms with van der Waals surface area (Å²) in [6.07, 6.45) is 0.701. The lowest BCUT2D eigenvalue weighted by atomic mass is 10.1. The zero-order chi connectivity index (χ0) is 10.9. The molecule has 1 amide bonds. The Hall–Kier alpha value is -0.770. The number of hydrogen-bond donors (Lipinski definition) is 2. The van der Waals surface area contributed by atoms with E-state index in [9.17, 15) is 9.90 Å². The summed E-state index contributed by atoms with van der Waals surface area (Å²) in [6, 6.07) is 0. The number of nitrogens with one attached hydrogen (secondary N) is 1. The van der Waals surface area contributed by atoms with E-state index in [1.165, 1.54) is 0 Å². The van der Waals surface area contributed by atoms with Gasteiger partial charge < -0.3 is 21.0 Å². The fourth-order valence-electron chi connectivity index (χ4n) is 0.367. The zero-order valence-corrected chi connectivity index (χ0v) is 9.14. The van der Waals surface area contributed by atoms with Gasteiger partial charge in [0.15, 0.2) is 0 Å². The lowest BCUT2D eigenvalue weighted by Gasteiger charge is -2.02. The molecule has 80 valence electrons. The molecule has 0 fully saturated rings. The molecule has 0 radical (unpaired) electrons. The highest BCUT2D eigenvalue weighted by atomic mass is 16.4. The Morgan fingerprint density at radius 3 is 2.08 bits per heavy atom. The van der Waals surface area contributed by atoms with Gasteiger partial charge in [0.2, 0.25) is 0 Å². The van der Waals surface area contributed by atoms with Crippen LogP contribution in [-0.2, 0) is 0 Å². The molecule has 0 aliphatic rings. The largest absolute Gasteiger partial charge is 0.530 e. The standard InChI is InChI=1S/C5H11NO2.C4H11N/c1-2-3-4-6-5(7)8;1-4(2,3)5/h6H,2-4H2,1H3,(H,7,8);5H2,1-3H3. The van der Waals surface area contributed by atoms with Crippen molar-refractivity contribution in [1.82, 2.24) is 5.32 Å². The van der Waals surface area contributed by atoms with Crippen molar-refractivity contribution in [1.29, 1.82) is 0 Å². The van der Waals surface area contributed by atoms with Crippen LogP contribution in [0.15, 0.2) is 0 Å². The van der Waals surface area contributed by atoms with E-state index in [4.69, 9.17) is 0 Å². The van der Waals surface area contributed by atoms with Crippen molar-refractivity contribution < 1.29 is 15.6 Å². The second kappa shape index (κ2) is 7.86. The Morgan fingerprint density at radius 1 is 1.46 bits per heavy atom. The third kappa shape index (κ3) is 53.5. The number of amides is 1. The summed E-state index contributed by atoms with van der Waals surface area (Å²) in [4.78, 5) is 9.65. The van der Waals surface area contributed by atoms with E-state index in [2.05, 4.69) is 31.8 Å². The second-order valence-corrected chi connectivity index (χ2v) is 4.13. The number of rotatable bonds is 3. The molecule has 0 saturated carbocycles. The van der Waals surface area contributed by atoms with Gasteiger partial charge in [-0.2, -0.15) is 0 Å². The topological polar surface area (TPSA) is 79.8 Å². The van der Waals surface area contributed by atoms with Crippen LogP contribution in [0.2, 0.25) is 0 Å². The van der Waals surface area contributed by atoms with Crippen LogP contribution in [0.4, 0.5) is 4.79 Å². The maximum Gasteiger partial charge on any atom is 0.134 e. The van der Waals surface area contributed by atoms with E-state index < -0.39 is 6.09 Å². The van der Waals surface area contributed by atoms with E-state index in [-0.39, 0.29) is 5.54 Å². The number of hydrogen-bond acceptors (Lipinski definition) is 2. The molecule has 13 heavy (non-hydrogen) atoms. The molecule has 0 spiro atoms. The molecule has 4 N–H and O–H groups in total. The van der Waals surface area contributed by atoms with Crippen LogP contribution >= 0.6 is 0 Å². The summed E-state index contributed by atoms with van der Waals surface area (Å²) in [6.45, 7) is 8.74. The fourth-order valence-corrected chi connectivity index (χ4v) is 0.367. The fraction of sp³-hybridized carbons (Fsp3) is 0.889. The van der Waals surface area contributed by atoms with Crippen LogP contribution in [0.25, 0.3) is 0 Å². The first-order valence-electron chi connectivity index (χ1n) is 4.57. The van der Waals surface area contributed by atoms with E-state index >= 15 is 0 Å². The van der Waals surface area contributed by atoms with Crippen LogP contribution < -0.4 is 16.2 Å². The van der Waals surface area contributed by atoms with E-state index in [1.807, 2.05) is 6.92 Å². The lowest BCUT2D eigenvalue weighted by Crippen LogP contribution is -2.67. The molecule has 0 bridgehead atoms. The summed E-state index contributed by atoms with van der Waals surface area (Å²) in [5.41, 5.74) is 4.02. The van der Waals surface area contributed by atoms with Crippen molar-refractivity contribution in [2.45, 2.75) is 46.1 Å². The van der Waals surface area contributed by atoms with Gasteiger partial charge in [0.25, 0.3) is 0 Å². The molecule has 0 aromatic carbocycles. The van der Waals surface area contributed by atoms with Crippen molar-refractivity contribution in [2.75, 3.05) is 6.54 Å². The number of unbranched alkanes of at least 4 members (excludes halogenated alkanes) is 1. The zero-order valence-electron chi connectivity index (χ0n) is 9.14. The average Bonchev–Trinajstić information content (AvgIpc) is 1.83. The van der Waals surface area contributed by atoms with Crippen molar-refractivity contribution in [3.63, 3.8) is 0 Å². The number of carboxylic acid groups (broad SMARTS) is 1. The predicted octanol–water partition coefficient (Wildman–Crippen LogP) is -0.254. The summed E-state index contributed by atoms with van der Waals surface area (Å²) in [5.74, 6) is 0. The van der Waals surface area contributed by atoms with Crippen LogP contribution in [0.3, 0.4) is 0 Å². The Balaban J connectivity index is 0. The molecule has 0 aliphatic heterocycles. The Morgan fingerprint density at radius 2 is 1.85 bits per heavy atom. The molecule has 4 heteroatoms. The van der Waals surface area contributed by atoms with Gasteiger partial charge in [0.1, 0.15) is 6.09 Å². The van der Waals surface area contributed by atoms with Gasteiger partial charge in [0, 0.05) is 6.54 Å². The first-order valence-corrected chi connectivity index (χ1v) is 4.57. The lowest BCUT2D eigenvalue weighted by molar-refractivity contribution is -0.458. The molecule has 0 atom stereocenters. The molecule has 0 rings (SSSR count). The van der Waals surface area contributed by atoms with Crippen molar-refractivity contribution in [3.05, 3.63) is 0 Å². The van der Waals surface area contributed by atoms with E-state index in [1.54, 1.807) is 0 Å². The van der Waals surface area contributed by atoms with Gasteiger partial charge in [-0.05, 0) is 27.2 Å². The molecular formula is C9H22N2O2. The summed E-state index contributed by atoms with van der Waals surface area (Å²) in [7, 11) is 0. The van der Waals surface area contributed by atoms with Crippen LogP contribution in [0.5, 0.6) is 0 Å². The summed E-state index contributed by atoms with van der Waals surface area (Å²) < 4.78 is 0. The van der Waals surface area contributed by atoms with Gasteiger partial charge in [-0.3, -0.25) is 0 Å². The third-order valence-electron chi connectivity index (χ3n) is 0.800. The first kappa shape index (κ1) is 14.7. The highest BCUT2D eigenvalue weighted by Crippen LogP contribution is 1.84. The molecule has 0 aliphatic carbocycles. The molecule has 0 aromatic heterocycles. The van der Waals surface area contributed by atoms with Crippen LogP contribution in [-0.4, -0.2) is 18.2 Å². The maximum atomic E-state index is 9.65. The van der Waals surface area contributed by atoms with E-state index in [0.29, 0.717) is 6.54 Å². The SMILES string of the molecule is CC(C)(C)[NH3+].CCCCNC(=O)[O-]. The number of quaternary nitrogens is 1. The predicted molar refractivity (Wildman–Crippen MR) is 50.9 cm³/mol. The minimum absolute atomic E-state index is 0.250. The van der Waals surface area contributed by atoms with Gasteiger partial charge >= 0.3 is 0 Å². The molecule has 0 aromatic rings. The van der Waals surface area contributed by atoms with E-state index in [0.717, 1.165) is 12.8 Å². The smallest absolute Gasteiger partial charge is 0.134 e. The summed E-state index contributed by atoms with van der Waals surface area (Å²) in [5, 5.41) is 11.8. The highest BCUT2D eigenvalue weighted by molar-refractivity contribution is 5.61. The van der Waals surface area contributed by atoms with Gasteiger partial charge in [0.05, 0.1) is 5.54 Å². The summed E-state index contributed by atoms with van der Waals surface area (Å²) >= 11 is 0. The average molecular weight is 190 g/mol. The second-order valence-electron chi connectivity index (χ2n) is 4.13. The van der Waals surface area contributed by atoms with Gasteiger partial charge in [-0.15, -0.1) is 0 Å². The molecule has 0 heterocycles. The molecule has 4 nitrogen and oxygen atoms in total. The van der Waals surface area contributed by atoms with Crippen molar-refractivity contribution >= 4 is 6.09 Å². The van der Waals surface area contributed by atoms with Gasteiger partial charge in [-0.25, -0.2) is 0 Å². The quantitative estimate of drug-likeness (QED) is 0.602. The van der Waals surface area contributed by atoms with Gasteiger partial charge in [-0.1, -0.05) is 13.3 Å². The Kier molecular flexibility index (Phi) is 8.91.